The van der Waals surface area contributed by atoms with Crippen LogP contribution >= 0.6 is 0 Å². The second-order valence-electron chi connectivity index (χ2n) is 4.51. The normalized spacial score (nSPS) is 33.7. The summed E-state index contributed by atoms with van der Waals surface area (Å²) in [6.07, 6.45) is 2.54. The van der Waals surface area contributed by atoms with E-state index in [0.717, 1.165) is 18.6 Å². The summed E-state index contributed by atoms with van der Waals surface area (Å²) < 4.78 is 5.66. The minimum atomic E-state index is 0.341. The molecular weight excluding hydrogens is 174 g/mol. The molecule has 1 aromatic carbocycles. The van der Waals surface area contributed by atoms with Gasteiger partial charge in [0.1, 0.15) is 11.9 Å². The third-order valence-corrected chi connectivity index (χ3v) is 3.19. The largest absolute Gasteiger partial charge is 0.490 e. The summed E-state index contributed by atoms with van der Waals surface area (Å²) in [7, 11) is 0. The predicted molar refractivity (Wildman–Crippen MR) is 55.6 cm³/mol. The molecule has 2 heteroatoms. The highest BCUT2D eigenvalue weighted by Crippen LogP contribution is 2.41. The molecular formula is C12H15NO. The van der Waals surface area contributed by atoms with Gasteiger partial charge in [0.25, 0.3) is 0 Å². The van der Waals surface area contributed by atoms with Crippen LogP contribution in [0.2, 0.25) is 0 Å². The van der Waals surface area contributed by atoms with Crippen LogP contribution in [0.4, 0.5) is 0 Å². The maximum atomic E-state index is 5.84. The van der Waals surface area contributed by atoms with E-state index in [9.17, 15) is 0 Å². The van der Waals surface area contributed by atoms with Gasteiger partial charge in [0.05, 0.1) is 0 Å². The van der Waals surface area contributed by atoms with E-state index in [0.29, 0.717) is 18.1 Å². The van der Waals surface area contributed by atoms with E-state index in [1.165, 1.54) is 11.1 Å². The number of rotatable bonds is 1. The minimum absolute atomic E-state index is 0.341. The number of ether oxygens (including phenoxy) is 1. The van der Waals surface area contributed by atoms with Crippen molar-refractivity contribution in [3.63, 3.8) is 0 Å². The molecule has 3 rings (SSSR count). The van der Waals surface area contributed by atoms with Crippen LogP contribution in [-0.2, 0) is 6.42 Å². The molecule has 1 aromatic rings. The highest BCUT2D eigenvalue weighted by Gasteiger charge is 2.35. The minimum Gasteiger partial charge on any atom is -0.490 e. The standard InChI is InChI=1S/C12H15NO/c1-7-4-9-5-8(10-6-11(10)13)2-3-12(9)14-7/h2-3,5,7,10-11H,4,6,13H2,1H3/t7?,10-,11+/m0/s1. The van der Waals surface area contributed by atoms with E-state index in [-0.39, 0.29) is 0 Å². The SMILES string of the molecule is CC1Cc2cc([C@@H]3C[C@H]3N)ccc2O1. The maximum Gasteiger partial charge on any atom is 0.123 e. The first kappa shape index (κ1) is 8.30. The number of nitrogens with two attached hydrogens (primary N) is 1. The van der Waals surface area contributed by atoms with Crippen molar-refractivity contribution in [1.29, 1.82) is 0 Å². The number of hydrogen-bond donors (Lipinski definition) is 1. The van der Waals surface area contributed by atoms with Crippen LogP contribution in [0.15, 0.2) is 18.2 Å². The van der Waals surface area contributed by atoms with Crippen molar-refractivity contribution in [1.82, 2.24) is 0 Å². The van der Waals surface area contributed by atoms with Gasteiger partial charge in [0.2, 0.25) is 0 Å². The van der Waals surface area contributed by atoms with E-state index in [1.807, 2.05) is 0 Å². The fraction of sp³-hybridized carbons (Fsp3) is 0.500. The van der Waals surface area contributed by atoms with Gasteiger partial charge in [-0.05, 0) is 30.5 Å². The lowest BCUT2D eigenvalue weighted by atomic mass is 10.0. The van der Waals surface area contributed by atoms with Gasteiger partial charge in [-0.2, -0.15) is 0 Å². The van der Waals surface area contributed by atoms with Gasteiger partial charge in [-0.3, -0.25) is 0 Å². The van der Waals surface area contributed by atoms with Gasteiger partial charge in [-0.25, -0.2) is 0 Å². The summed E-state index contributed by atoms with van der Waals surface area (Å²) in [6, 6.07) is 6.93. The molecule has 0 saturated heterocycles. The lowest BCUT2D eigenvalue weighted by Crippen LogP contribution is -2.05. The molecule has 1 aliphatic carbocycles. The molecule has 0 amide bonds. The second-order valence-corrected chi connectivity index (χ2v) is 4.51. The molecule has 1 fully saturated rings. The third kappa shape index (κ3) is 1.22. The van der Waals surface area contributed by atoms with Crippen molar-refractivity contribution in [3.05, 3.63) is 29.3 Å². The summed E-state index contributed by atoms with van der Waals surface area (Å²) in [5.74, 6) is 1.67. The zero-order valence-electron chi connectivity index (χ0n) is 8.36. The van der Waals surface area contributed by atoms with Gasteiger partial charge in [-0.1, -0.05) is 12.1 Å². The number of fused-ring (bicyclic) bond motifs is 1. The zero-order chi connectivity index (χ0) is 9.71. The summed E-state index contributed by atoms with van der Waals surface area (Å²) in [5.41, 5.74) is 8.59. The van der Waals surface area contributed by atoms with Gasteiger partial charge in [0.15, 0.2) is 0 Å². The molecule has 0 aromatic heterocycles. The van der Waals surface area contributed by atoms with Gasteiger partial charge in [-0.15, -0.1) is 0 Å². The van der Waals surface area contributed by atoms with Crippen LogP contribution in [0.25, 0.3) is 0 Å². The van der Waals surface area contributed by atoms with E-state index in [1.54, 1.807) is 0 Å². The quantitative estimate of drug-likeness (QED) is 0.731. The van der Waals surface area contributed by atoms with Crippen LogP contribution in [0.5, 0.6) is 5.75 Å². The van der Waals surface area contributed by atoms with E-state index in [2.05, 4.69) is 25.1 Å². The maximum absolute atomic E-state index is 5.84. The Kier molecular flexibility index (Phi) is 1.62. The summed E-state index contributed by atoms with van der Waals surface area (Å²) in [6.45, 7) is 2.11. The molecule has 1 aliphatic heterocycles. The first-order valence-corrected chi connectivity index (χ1v) is 5.29. The van der Waals surface area contributed by atoms with Crippen LogP contribution in [0.3, 0.4) is 0 Å². The van der Waals surface area contributed by atoms with Crippen molar-refractivity contribution >= 4 is 0 Å². The monoisotopic (exact) mass is 189 g/mol. The Balaban J connectivity index is 1.92. The Morgan fingerprint density at radius 3 is 2.93 bits per heavy atom. The molecule has 3 atom stereocenters. The topological polar surface area (TPSA) is 35.2 Å². The van der Waals surface area contributed by atoms with Crippen LogP contribution in [-0.4, -0.2) is 12.1 Å². The summed E-state index contributed by atoms with van der Waals surface area (Å²) in [5, 5.41) is 0. The predicted octanol–water partition coefficient (Wildman–Crippen LogP) is 1.82. The average molecular weight is 189 g/mol. The zero-order valence-corrected chi connectivity index (χ0v) is 8.36. The molecule has 2 aliphatic rings. The Morgan fingerprint density at radius 2 is 2.21 bits per heavy atom. The highest BCUT2D eigenvalue weighted by atomic mass is 16.5. The lowest BCUT2D eigenvalue weighted by Gasteiger charge is -2.03. The van der Waals surface area contributed by atoms with Crippen molar-refractivity contribution in [2.75, 3.05) is 0 Å². The smallest absolute Gasteiger partial charge is 0.123 e. The van der Waals surface area contributed by atoms with Crippen LogP contribution < -0.4 is 10.5 Å². The van der Waals surface area contributed by atoms with Gasteiger partial charge < -0.3 is 10.5 Å². The molecule has 1 saturated carbocycles. The molecule has 2 N–H and O–H groups in total. The third-order valence-electron chi connectivity index (χ3n) is 3.19. The summed E-state index contributed by atoms with van der Waals surface area (Å²) >= 11 is 0. The second kappa shape index (κ2) is 2.74. The Labute approximate surface area is 84.1 Å². The first-order valence-electron chi connectivity index (χ1n) is 5.29. The molecule has 1 unspecified atom stereocenters. The Hall–Kier alpha value is -1.02. The molecule has 2 nitrogen and oxygen atoms in total. The Morgan fingerprint density at radius 1 is 1.43 bits per heavy atom. The van der Waals surface area contributed by atoms with Crippen LogP contribution in [0.1, 0.15) is 30.4 Å². The van der Waals surface area contributed by atoms with Gasteiger partial charge in [0, 0.05) is 18.4 Å². The molecule has 0 radical (unpaired) electrons. The van der Waals surface area contributed by atoms with Crippen molar-refractivity contribution in [3.8, 4) is 5.75 Å². The number of benzene rings is 1. The molecule has 0 bridgehead atoms. The van der Waals surface area contributed by atoms with E-state index >= 15 is 0 Å². The molecule has 0 spiro atoms. The van der Waals surface area contributed by atoms with E-state index < -0.39 is 0 Å². The fourth-order valence-electron chi connectivity index (χ4n) is 2.27. The number of hydrogen-bond acceptors (Lipinski definition) is 2. The molecule has 1 heterocycles. The average Bonchev–Trinajstić information content (AvgIpc) is 2.76. The molecule has 74 valence electrons. The fourth-order valence-corrected chi connectivity index (χ4v) is 2.27. The first-order chi connectivity index (χ1) is 6.74. The highest BCUT2D eigenvalue weighted by molar-refractivity contribution is 5.43. The van der Waals surface area contributed by atoms with Gasteiger partial charge >= 0.3 is 0 Å². The lowest BCUT2D eigenvalue weighted by molar-refractivity contribution is 0.254. The van der Waals surface area contributed by atoms with Crippen molar-refractivity contribution in [2.24, 2.45) is 5.73 Å². The molecule has 14 heavy (non-hydrogen) atoms. The Bertz CT molecular complexity index is 375. The van der Waals surface area contributed by atoms with Crippen molar-refractivity contribution < 1.29 is 4.74 Å². The van der Waals surface area contributed by atoms with Crippen LogP contribution in [0, 0.1) is 0 Å². The van der Waals surface area contributed by atoms with Crippen molar-refractivity contribution in [2.45, 2.75) is 37.8 Å². The van der Waals surface area contributed by atoms with E-state index in [4.69, 9.17) is 10.5 Å². The summed E-state index contributed by atoms with van der Waals surface area (Å²) in [4.78, 5) is 0.